The first-order valence-corrected chi connectivity index (χ1v) is 6.52. The van der Waals surface area contributed by atoms with E-state index in [0.717, 1.165) is 11.1 Å². The van der Waals surface area contributed by atoms with Crippen LogP contribution in [0, 0.1) is 0 Å². The summed E-state index contributed by atoms with van der Waals surface area (Å²) >= 11 is 0. The third-order valence-electron chi connectivity index (χ3n) is 3.00. The van der Waals surface area contributed by atoms with E-state index in [0.29, 0.717) is 24.2 Å². The largest absolute Gasteiger partial charge is 0.398 e. The average molecular weight is 290 g/mol. The molecule has 0 fully saturated rings. The van der Waals surface area contributed by atoms with Gasteiger partial charge in [-0.05, 0) is 24.1 Å². The lowest BCUT2D eigenvalue weighted by molar-refractivity contribution is 0.0538. The Bertz CT molecular complexity index is 624. The highest BCUT2D eigenvalue weighted by Crippen LogP contribution is 2.23. The highest BCUT2D eigenvalue weighted by atomic mass is 16.6. The van der Waals surface area contributed by atoms with Crippen LogP contribution in [-0.2, 0) is 11.4 Å². The van der Waals surface area contributed by atoms with E-state index < -0.39 is 5.91 Å². The number of carbonyl (C=O) groups is 1. The number of nitrogen functional groups attached to an aromatic ring is 1. The number of aryl methyl sites for hydroxylation is 1. The molecule has 1 amide bonds. The van der Waals surface area contributed by atoms with E-state index in [9.17, 15) is 4.79 Å². The summed E-state index contributed by atoms with van der Waals surface area (Å²) in [5.74, 6) is -0.399. The van der Waals surface area contributed by atoms with Crippen LogP contribution >= 0.6 is 0 Å². The molecule has 1 heterocycles. The molecule has 0 saturated carbocycles. The second kappa shape index (κ2) is 6.87. The van der Waals surface area contributed by atoms with Crippen LogP contribution in [0.4, 0.5) is 5.69 Å². The van der Waals surface area contributed by atoms with Gasteiger partial charge >= 0.3 is 0 Å². The maximum Gasteiger partial charge on any atom is 0.276 e. The number of nitrogens with two attached hydrogens (primary N) is 1. The van der Waals surface area contributed by atoms with E-state index in [1.54, 1.807) is 23.0 Å². The van der Waals surface area contributed by atoms with Crippen molar-refractivity contribution in [3.63, 3.8) is 0 Å². The fourth-order valence-electron chi connectivity index (χ4n) is 1.95. The highest BCUT2D eigenvalue weighted by Gasteiger charge is 2.12. The van der Waals surface area contributed by atoms with Gasteiger partial charge in [-0.15, -0.1) is 0 Å². The molecule has 0 radical (unpaired) electrons. The number of hydrogen-bond acceptors (Lipinski definition) is 5. The number of amides is 1. The Morgan fingerprint density at radius 3 is 3.00 bits per heavy atom. The standard InChI is InChI=1S/C14H18N4O3/c1-21-17-14(20)12-7-10(3-4-13(12)15)11-8-16-18(9-11)5-2-6-19/h3-4,7-9,19H,2,5-6,15H2,1H3,(H,17,20). The quantitative estimate of drug-likeness (QED) is 0.539. The predicted octanol–water partition coefficient (Wildman–Crippen LogP) is 0.806. The zero-order valence-electron chi connectivity index (χ0n) is 11.7. The lowest BCUT2D eigenvalue weighted by Crippen LogP contribution is -2.22. The lowest BCUT2D eigenvalue weighted by Gasteiger charge is -2.07. The van der Waals surface area contributed by atoms with Crippen LogP contribution in [0.2, 0.25) is 0 Å². The minimum atomic E-state index is -0.399. The Morgan fingerprint density at radius 1 is 1.48 bits per heavy atom. The smallest absolute Gasteiger partial charge is 0.276 e. The SMILES string of the molecule is CONC(=O)c1cc(-c2cnn(CCCO)c2)ccc1N. The molecule has 0 unspecified atom stereocenters. The molecule has 4 N–H and O–H groups in total. The Kier molecular flexibility index (Phi) is 4.91. The molecule has 0 aliphatic rings. The van der Waals surface area contributed by atoms with Crippen molar-refractivity contribution >= 4 is 11.6 Å². The van der Waals surface area contributed by atoms with Gasteiger partial charge in [0.15, 0.2) is 0 Å². The molecule has 0 bridgehead atoms. The molecule has 112 valence electrons. The van der Waals surface area contributed by atoms with E-state index in [4.69, 9.17) is 10.8 Å². The first-order chi connectivity index (χ1) is 10.2. The molecule has 1 aromatic heterocycles. The molecular formula is C14H18N4O3. The van der Waals surface area contributed by atoms with E-state index in [2.05, 4.69) is 15.4 Å². The summed E-state index contributed by atoms with van der Waals surface area (Å²) in [4.78, 5) is 16.4. The van der Waals surface area contributed by atoms with Gasteiger partial charge in [-0.2, -0.15) is 5.10 Å². The van der Waals surface area contributed by atoms with Crippen LogP contribution in [0.5, 0.6) is 0 Å². The van der Waals surface area contributed by atoms with Crippen molar-refractivity contribution in [2.75, 3.05) is 19.5 Å². The van der Waals surface area contributed by atoms with Gasteiger partial charge in [0.1, 0.15) is 0 Å². The monoisotopic (exact) mass is 290 g/mol. The van der Waals surface area contributed by atoms with Gasteiger partial charge in [0, 0.05) is 30.6 Å². The number of aliphatic hydroxyl groups is 1. The molecule has 2 rings (SSSR count). The van der Waals surface area contributed by atoms with E-state index in [1.807, 2.05) is 12.3 Å². The second-order valence-corrected chi connectivity index (χ2v) is 4.51. The van der Waals surface area contributed by atoms with Crippen molar-refractivity contribution in [3.8, 4) is 11.1 Å². The van der Waals surface area contributed by atoms with E-state index in [-0.39, 0.29) is 6.61 Å². The number of aliphatic hydroxyl groups excluding tert-OH is 1. The van der Waals surface area contributed by atoms with Gasteiger partial charge in [-0.25, -0.2) is 5.48 Å². The second-order valence-electron chi connectivity index (χ2n) is 4.51. The maximum absolute atomic E-state index is 11.8. The van der Waals surface area contributed by atoms with Crippen LogP contribution < -0.4 is 11.2 Å². The fourth-order valence-corrected chi connectivity index (χ4v) is 1.95. The molecule has 21 heavy (non-hydrogen) atoms. The van der Waals surface area contributed by atoms with Crippen LogP contribution in [0.3, 0.4) is 0 Å². The van der Waals surface area contributed by atoms with Crippen molar-refractivity contribution in [3.05, 3.63) is 36.2 Å². The van der Waals surface area contributed by atoms with Crippen molar-refractivity contribution in [2.45, 2.75) is 13.0 Å². The van der Waals surface area contributed by atoms with Gasteiger partial charge in [-0.3, -0.25) is 14.3 Å². The van der Waals surface area contributed by atoms with Crippen LogP contribution in [0.1, 0.15) is 16.8 Å². The Morgan fingerprint density at radius 2 is 2.29 bits per heavy atom. The number of anilines is 1. The van der Waals surface area contributed by atoms with Crippen LogP contribution in [0.15, 0.2) is 30.6 Å². The molecule has 7 heteroatoms. The third kappa shape index (κ3) is 3.59. The number of nitrogens with zero attached hydrogens (tertiary/aromatic N) is 2. The van der Waals surface area contributed by atoms with Gasteiger partial charge in [0.2, 0.25) is 0 Å². The van der Waals surface area contributed by atoms with Gasteiger partial charge in [0.05, 0.1) is 18.9 Å². The van der Waals surface area contributed by atoms with Crippen LogP contribution in [0.25, 0.3) is 11.1 Å². The summed E-state index contributed by atoms with van der Waals surface area (Å²) in [6, 6.07) is 5.19. The molecule has 0 saturated heterocycles. The zero-order valence-corrected chi connectivity index (χ0v) is 11.7. The van der Waals surface area contributed by atoms with Crippen molar-refractivity contribution < 1.29 is 14.7 Å². The molecule has 2 aromatic rings. The summed E-state index contributed by atoms with van der Waals surface area (Å²) in [5, 5.41) is 13.0. The molecule has 0 atom stereocenters. The molecule has 7 nitrogen and oxygen atoms in total. The lowest BCUT2D eigenvalue weighted by atomic mass is 10.0. The Hall–Kier alpha value is -2.38. The predicted molar refractivity (Wildman–Crippen MR) is 78.3 cm³/mol. The van der Waals surface area contributed by atoms with Gasteiger partial charge in [-0.1, -0.05) is 6.07 Å². The number of rotatable bonds is 6. The van der Waals surface area contributed by atoms with Gasteiger partial charge < -0.3 is 10.8 Å². The summed E-state index contributed by atoms with van der Waals surface area (Å²) in [7, 11) is 1.36. The average Bonchev–Trinajstić information content (AvgIpc) is 2.94. The minimum absolute atomic E-state index is 0.123. The van der Waals surface area contributed by atoms with Crippen LogP contribution in [-0.4, -0.2) is 34.5 Å². The van der Waals surface area contributed by atoms with Crippen molar-refractivity contribution in [1.82, 2.24) is 15.3 Å². The number of benzene rings is 1. The highest BCUT2D eigenvalue weighted by molar-refractivity contribution is 5.99. The topological polar surface area (TPSA) is 102 Å². The maximum atomic E-state index is 11.8. The minimum Gasteiger partial charge on any atom is -0.398 e. The van der Waals surface area contributed by atoms with E-state index in [1.165, 1.54) is 7.11 Å². The Labute approximate surface area is 122 Å². The molecule has 0 aliphatic carbocycles. The summed E-state index contributed by atoms with van der Waals surface area (Å²) in [6.07, 6.45) is 4.21. The molecular weight excluding hydrogens is 272 g/mol. The number of nitrogens with one attached hydrogen (secondary N) is 1. The van der Waals surface area contributed by atoms with E-state index >= 15 is 0 Å². The Balaban J connectivity index is 2.25. The van der Waals surface area contributed by atoms with Crippen molar-refractivity contribution in [2.24, 2.45) is 0 Å². The van der Waals surface area contributed by atoms with Crippen molar-refractivity contribution in [1.29, 1.82) is 0 Å². The summed E-state index contributed by atoms with van der Waals surface area (Å²) in [6.45, 7) is 0.765. The molecule has 0 spiro atoms. The fraction of sp³-hybridized carbons (Fsp3) is 0.286. The number of aromatic nitrogens is 2. The first-order valence-electron chi connectivity index (χ1n) is 6.52. The molecule has 1 aromatic carbocycles. The normalized spacial score (nSPS) is 10.6. The molecule has 0 aliphatic heterocycles. The summed E-state index contributed by atoms with van der Waals surface area (Å²) < 4.78 is 1.75. The first kappa shape index (κ1) is 15.0. The number of hydroxylamine groups is 1. The van der Waals surface area contributed by atoms with Gasteiger partial charge in [0.25, 0.3) is 5.91 Å². The number of carbonyl (C=O) groups excluding carboxylic acids is 1. The number of hydrogen-bond donors (Lipinski definition) is 3. The third-order valence-corrected chi connectivity index (χ3v) is 3.00. The zero-order chi connectivity index (χ0) is 15.2. The summed E-state index contributed by atoms with van der Waals surface area (Å²) in [5.41, 5.74) is 10.5.